The summed E-state index contributed by atoms with van der Waals surface area (Å²) < 4.78 is 13.3. The van der Waals surface area contributed by atoms with Gasteiger partial charge in [-0.2, -0.15) is 0 Å². The van der Waals surface area contributed by atoms with Crippen LogP contribution in [0.3, 0.4) is 0 Å². The van der Waals surface area contributed by atoms with Gasteiger partial charge in [-0.25, -0.2) is 4.98 Å². The van der Waals surface area contributed by atoms with E-state index in [9.17, 15) is 4.79 Å². The summed E-state index contributed by atoms with van der Waals surface area (Å²) in [5.74, 6) is 0.984. The zero-order chi connectivity index (χ0) is 19.5. The third kappa shape index (κ3) is 4.42. The minimum atomic E-state index is -0.0723. The molecule has 0 bridgehead atoms. The number of carbonyl (C=O) groups is 1. The number of carbonyl (C=O) groups excluding carboxylic acids is 1. The van der Waals surface area contributed by atoms with Crippen LogP contribution in [0.15, 0.2) is 35.7 Å². The molecular weight excluding hydrogens is 374 g/mol. The summed E-state index contributed by atoms with van der Waals surface area (Å²) >= 11 is 1.50. The molecule has 2 aliphatic heterocycles. The van der Waals surface area contributed by atoms with Crippen molar-refractivity contribution in [3.63, 3.8) is 0 Å². The maximum atomic E-state index is 12.7. The first-order valence-corrected chi connectivity index (χ1v) is 10.8. The van der Waals surface area contributed by atoms with Gasteiger partial charge in [0.05, 0.1) is 19.0 Å². The van der Waals surface area contributed by atoms with E-state index < -0.39 is 0 Å². The fourth-order valence-corrected chi connectivity index (χ4v) is 4.85. The molecule has 2 fully saturated rings. The van der Waals surface area contributed by atoms with E-state index in [0.717, 1.165) is 36.8 Å². The molecule has 0 N–H and O–H groups in total. The monoisotopic (exact) mass is 401 g/mol. The second kappa shape index (κ2) is 8.68. The molecule has 0 spiro atoms. The Morgan fingerprint density at radius 3 is 2.50 bits per heavy atom. The molecule has 150 valence electrons. The van der Waals surface area contributed by atoms with Gasteiger partial charge in [0.15, 0.2) is 11.4 Å². The number of rotatable bonds is 5. The van der Waals surface area contributed by atoms with Crippen molar-refractivity contribution in [2.24, 2.45) is 5.92 Å². The largest absolute Gasteiger partial charge is 0.350 e. The highest BCUT2D eigenvalue weighted by Gasteiger charge is 2.31. The lowest BCUT2D eigenvalue weighted by Crippen LogP contribution is -2.42. The van der Waals surface area contributed by atoms with E-state index in [1.807, 2.05) is 11.1 Å². The average molecular weight is 402 g/mol. The molecule has 2 aliphatic rings. The van der Waals surface area contributed by atoms with Crippen molar-refractivity contribution in [1.82, 2.24) is 14.5 Å². The van der Waals surface area contributed by atoms with Crippen molar-refractivity contribution in [2.45, 2.75) is 38.1 Å². The normalized spacial score (nSPS) is 18.7. The Labute approximate surface area is 170 Å². The van der Waals surface area contributed by atoms with Gasteiger partial charge in [0.1, 0.15) is 0 Å². The van der Waals surface area contributed by atoms with E-state index in [0.29, 0.717) is 24.9 Å². The Morgan fingerprint density at radius 1 is 1.14 bits per heavy atom. The highest BCUT2D eigenvalue weighted by molar-refractivity contribution is 7.99. The predicted octanol–water partition coefficient (Wildman–Crippen LogP) is 3.19. The van der Waals surface area contributed by atoms with Gasteiger partial charge in [0, 0.05) is 37.1 Å². The zero-order valence-corrected chi connectivity index (χ0v) is 17.3. The van der Waals surface area contributed by atoms with Gasteiger partial charge in [0.25, 0.3) is 0 Å². The van der Waals surface area contributed by atoms with Crippen molar-refractivity contribution in [3.8, 4) is 5.69 Å². The minimum absolute atomic E-state index is 0.0723. The lowest BCUT2D eigenvalue weighted by molar-refractivity contribution is -0.134. The Kier molecular flexibility index (Phi) is 6.04. The number of imidazole rings is 1. The molecule has 0 atom stereocenters. The minimum Gasteiger partial charge on any atom is -0.350 e. The number of nitrogens with zero attached hydrogens (tertiary/aromatic N) is 3. The summed E-state index contributed by atoms with van der Waals surface area (Å²) in [7, 11) is 0. The Morgan fingerprint density at radius 2 is 1.82 bits per heavy atom. The number of aromatic nitrogens is 2. The summed E-state index contributed by atoms with van der Waals surface area (Å²) in [4.78, 5) is 19.1. The van der Waals surface area contributed by atoms with Crippen molar-refractivity contribution < 1.29 is 14.3 Å². The molecule has 3 heterocycles. The summed E-state index contributed by atoms with van der Waals surface area (Å²) in [6, 6.07) is 6.43. The second-order valence-electron chi connectivity index (χ2n) is 7.54. The first-order chi connectivity index (χ1) is 13.6. The molecular formula is C21H27N3O3S. The van der Waals surface area contributed by atoms with Crippen molar-refractivity contribution in [1.29, 1.82) is 0 Å². The molecule has 4 rings (SSSR count). The number of aryl methyl sites for hydroxylation is 2. The summed E-state index contributed by atoms with van der Waals surface area (Å²) in [5.41, 5.74) is 3.52. The molecule has 2 aromatic rings. The van der Waals surface area contributed by atoms with E-state index in [-0.39, 0.29) is 12.2 Å². The number of piperidine rings is 1. The van der Waals surface area contributed by atoms with Crippen LogP contribution in [0.4, 0.5) is 0 Å². The number of thioether (sulfide) groups is 1. The molecule has 1 aromatic heterocycles. The molecule has 1 aromatic carbocycles. The van der Waals surface area contributed by atoms with Crippen LogP contribution >= 0.6 is 11.8 Å². The van der Waals surface area contributed by atoms with Crippen molar-refractivity contribution in [3.05, 3.63) is 41.7 Å². The maximum absolute atomic E-state index is 12.7. The fourth-order valence-electron chi connectivity index (χ4n) is 3.97. The Bertz CT molecular complexity index is 804. The third-order valence-corrected chi connectivity index (χ3v) is 6.29. The number of benzene rings is 1. The quantitative estimate of drug-likeness (QED) is 0.720. The van der Waals surface area contributed by atoms with Gasteiger partial charge in [-0.3, -0.25) is 9.36 Å². The van der Waals surface area contributed by atoms with E-state index in [1.165, 1.54) is 22.9 Å². The highest BCUT2D eigenvalue weighted by atomic mass is 32.2. The molecule has 0 aliphatic carbocycles. The topological polar surface area (TPSA) is 56.6 Å². The summed E-state index contributed by atoms with van der Waals surface area (Å²) in [6.45, 7) is 7.11. The van der Waals surface area contributed by atoms with Crippen LogP contribution in [0.5, 0.6) is 0 Å². The molecule has 2 saturated heterocycles. The average Bonchev–Trinajstić information content (AvgIpc) is 3.37. The van der Waals surface area contributed by atoms with Crippen molar-refractivity contribution >= 4 is 17.7 Å². The van der Waals surface area contributed by atoms with E-state index in [2.05, 4.69) is 41.6 Å². The summed E-state index contributed by atoms with van der Waals surface area (Å²) in [6.07, 6.45) is 5.55. The first kappa shape index (κ1) is 19.5. The van der Waals surface area contributed by atoms with Gasteiger partial charge in [-0.05, 0) is 49.9 Å². The number of likely N-dealkylation sites (tertiary alicyclic amines) is 1. The first-order valence-electron chi connectivity index (χ1n) is 9.86. The highest BCUT2D eigenvalue weighted by Crippen LogP contribution is 2.27. The predicted molar refractivity (Wildman–Crippen MR) is 109 cm³/mol. The van der Waals surface area contributed by atoms with Crippen LogP contribution in [-0.2, 0) is 14.3 Å². The van der Waals surface area contributed by atoms with E-state index >= 15 is 0 Å². The molecule has 0 unspecified atom stereocenters. The lowest BCUT2D eigenvalue weighted by atomic mass is 9.96. The van der Waals surface area contributed by atoms with Gasteiger partial charge >= 0.3 is 0 Å². The third-order valence-electron chi connectivity index (χ3n) is 5.34. The van der Waals surface area contributed by atoms with Gasteiger partial charge < -0.3 is 14.4 Å². The molecule has 0 radical (unpaired) electrons. The van der Waals surface area contributed by atoms with Crippen LogP contribution in [0, 0.1) is 19.8 Å². The van der Waals surface area contributed by atoms with Gasteiger partial charge in [-0.15, -0.1) is 0 Å². The SMILES string of the molecule is Cc1cc(C)cc(-n2ccnc2SCC(=O)N2CCC(C3OCCO3)CC2)c1. The number of ether oxygens (including phenoxy) is 2. The molecule has 7 heteroatoms. The van der Waals surface area contributed by atoms with Crippen LogP contribution in [-0.4, -0.2) is 58.7 Å². The van der Waals surface area contributed by atoms with E-state index in [1.54, 1.807) is 6.20 Å². The molecule has 1 amide bonds. The fraction of sp³-hybridized carbons (Fsp3) is 0.524. The Hall–Kier alpha value is -1.83. The standard InChI is InChI=1S/C21H27N3O3S/c1-15-11-16(2)13-18(12-15)24-8-5-22-21(24)28-14-19(25)23-6-3-17(4-7-23)20-26-9-10-27-20/h5,8,11-13,17,20H,3-4,6-7,9-10,14H2,1-2H3. The zero-order valence-electron chi connectivity index (χ0n) is 16.5. The molecule has 0 saturated carbocycles. The second-order valence-corrected chi connectivity index (χ2v) is 8.49. The van der Waals surface area contributed by atoms with Gasteiger partial charge in [0.2, 0.25) is 5.91 Å². The lowest BCUT2D eigenvalue weighted by Gasteiger charge is -2.33. The smallest absolute Gasteiger partial charge is 0.233 e. The molecule has 6 nitrogen and oxygen atoms in total. The maximum Gasteiger partial charge on any atom is 0.233 e. The number of hydrogen-bond acceptors (Lipinski definition) is 5. The Balaban J connectivity index is 1.33. The van der Waals surface area contributed by atoms with Crippen molar-refractivity contribution in [2.75, 3.05) is 32.1 Å². The van der Waals surface area contributed by atoms with Gasteiger partial charge in [-0.1, -0.05) is 17.8 Å². The van der Waals surface area contributed by atoms with E-state index in [4.69, 9.17) is 9.47 Å². The summed E-state index contributed by atoms with van der Waals surface area (Å²) in [5, 5.41) is 0.848. The number of hydrogen-bond donors (Lipinski definition) is 0. The van der Waals surface area contributed by atoms with Crippen LogP contribution in [0.2, 0.25) is 0 Å². The van der Waals surface area contributed by atoms with Crippen LogP contribution in [0.1, 0.15) is 24.0 Å². The number of amides is 1. The van der Waals surface area contributed by atoms with Crippen LogP contribution in [0.25, 0.3) is 5.69 Å². The van der Waals surface area contributed by atoms with Crippen LogP contribution < -0.4 is 0 Å². The molecule has 28 heavy (non-hydrogen) atoms.